The molecule has 6 nitrogen and oxygen atoms in total. The average Bonchev–Trinajstić information content (AvgIpc) is 3.14. The highest BCUT2D eigenvalue weighted by atomic mass is 16.5. The summed E-state index contributed by atoms with van der Waals surface area (Å²) in [7, 11) is 1.59. The fourth-order valence-electron chi connectivity index (χ4n) is 4.65. The Morgan fingerprint density at radius 1 is 1.13 bits per heavy atom. The number of carbonyl (C=O) groups excluding carboxylic acids is 2. The lowest BCUT2D eigenvalue weighted by Gasteiger charge is -2.37. The van der Waals surface area contributed by atoms with Crippen LogP contribution < -0.4 is 15.0 Å². The third-order valence-corrected chi connectivity index (χ3v) is 6.33. The quantitative estimate of drug-likeness (QED) is 0.826. The number of benzene rings is 2. The molecule has 0 bridgehead atoms. The molecule has 2 aromatic rings. The number of methoxy groups -OCH3 is 1. The molecule has 1 N–H and O–H groups in total. The lowest BCUT2D eigenvalue weighted by Crippen LogP contribution is -2.53. The molecule has 0 saturated carbocycles. The summed E-state index contributed by atoms with van der Waals surface area (Å²) in [5.74, 6) is 0.471. The summed E-state index contributed by atoms with van der Waals surface area (Å²) in [6.45, 7) is 3.65. The summed E-state index contributed by atoms with van der Waals surface area (Å²) in [5, 5.41) is 3.08. The Bertz CT molecular complexity index is 936. The Kier molecular flexibility index (Phi) is 5.77. The number of aryl methyl sites for hydroxylation is 1. The van der Waals surface area contributed by atoms with Crippen LogP contribution in [0.1, 0.15) is 30.4 Å². The van der Waals surface area contributed by atoms with E-state index in [2.05, 4.69) is 5.32 Å². The van der Waals surface area contributed by atoms with Crippen LogP contribution in [0.4, 0.5) is 5.69 Å². The zero-order valence-electron chi connectivity index (χ0n) is 17.5. The number of nitrogens with one attached hydrogen (secondary N) is 1. The number of rotatable bonds is 5. The smallest absolute Gasteiger partial charge is 0.249 e. The Balaban J connectivity index is 1.57. The highest BCUT2D eigenvalue weighted by molar-refractivity contribution is 6.03. The van der Waals surface area contributed by atoms with E-state index in [0.29, 0.717) is 44.8 Å². The average molecular weight is 408 g/mol. The van der Waals surface area contributed by atoms with Crippen LogP contribution in [0.5, 0.6) is 5.75 Å². The van der Waals surface area contributed by atoms with Crippen LogP contribution in [0.15, 0.2) is 48.5 Å². The Hall–Kier alpha value is -2.86. The van der Waals surface area contributed by atoms with Gasteiger partial charge in [0.15, 0.2) is 0 Å². The number of nitrogens with zero attached hydrogens (tertiary/aromatic N) is 1. The van der Waals surface area contributed by atoms with Crippen molar-refractivity contribution in [1.82, 2.24) is 5.32 Å². The summed E-state index contributed by atoms with van der Waals surface area (Å²) in [6, 6.07) is 14.9. The maximum Gasteiger partial charge on any atom is 0.249 e. The van der Waals surface area contributed by atoms with Gasteiger partial charge in [-0.05, 0) is 49.4 Å². The van der Waals surface area contributed by atoms with Crippen LogP contribution in [-0.4, -0.2) is 44.7 Å². The van der Waals surface area contributed by atoms with E-state index < -0.39 is 11.5 Å². The van der Waals surface area contributed by atoms with Crippen molar-refractivity contribution in [3.63, 3.8) is 0 Å². The van der Waals surface area contributed by atoms with Crippen molar-refractivity contribution in [2.24, 2.45) is 0 Å². The van der Waals surface area contributed by atoms with Crippen LogP contribution in [0.3, 0.4) is 0 Å². The summed E-state index contributed by atoms with van der Waals surface area (Å²) >= 11 is 0. The molecule has 0 radical (unpaired) electrons. The van der Waals surface area contributed by atoms with Crippen molar-refractivity contribution in [2.75, 3.05) is 31.8 Å². The first kappa shape index (κ1) is 20.4. The molecule has 1 unspecified atom stereocenters. The molecule has 2 aliphatic rings. The minimum atomic E-state index is -0.665. The lowest BCUT2D eigenvalue weighted by molar-refractivity contribution is -0.133. The maximum atomic E-state index is 13.6. The number of anilines is 1. The van der Waals surface area contributed by atoms with Gasteiger partial charge in [-0.15, -0.1) is 0 Å². The first-order valence-electron chi connectivity index (χ1n) is 10.5. The molecule has 2 amide bonds. The van der Waals surface area contributed by atoms with E-state index in [9.17, 15) is 9.59 Å². The molecule has 2 aliphatic heterocycles. The molecule has 158 valence electrons. The van der Waals surface area contributed by atoms with Gasteiger partial charge in [0.05, 0.1) is 18.2 Å². The number of hydrogen-bond acceptors (Lipinski definition) is 4. The molecule has 1 atom stereocenters. The highest BCUT2D eigenvalue weighted by Gasteiger charge is 2.45. The molecule has 30 heavy (non-hydrogen) atoms. The van der Waals surface area contributed by atoms with Gasteiger partial charge < -0.3 is 19.7 Å². The SMILES string of the molecule is COc1ccccc1N1CCC(NC(=O)C2(c3ccccc3C)CCOCC2)C1=O. The molecule has 0 spiro atoms. The molecule has 2 heterocycles. The van der Waals surface area contributed by atoms with Gasteiger partial charge in [-0.3, -0.25) is 9.59 Å². The molecule has 2 saturated heterocycles. The highest BCUT2D eigenvalue weighted by Crippen LogP contribution is 2.38. The largest absolute Gasteiger partial charge is 0.495 e. The van der Waals surface area contributed by atoms with Gasteiger partial charge in [0.2, 0.25) is 11.8 Å². The van der Waals surface area contributed by atoms with Crippen LogP contribution >= 0.6 is 0 Å². The van der Waals surface area contributed by atoms with E-state index >= 15 is 0 Å². The molecular formula is C24H28N2O4. The van der Waals surface area contributed by atoms with E-state index in [1.54, 1.807) is 12.0 Å². The van der Waals surface area contributed by atoms with Gasteiger partial charge in [0.25, 0.3) is 0 Å². The van der Waals surface area contributed by atoms with Crippen molar-refractivity contribution in [3.8, 4) is 5.75 Å². The maximum absolute atomic E-state index is 13.6. The summed E-state index contributed by atoms with van der Waals surface area (Å²) in [6.07, 6.45) is 1.80. The van der Waals surface area contributed by atoms with Crippen LogP contribution in [0.2, 0.25) is 0 Å². The van der Waals surface area contributed by atoms with E-state index in [4.69, 9.17) is 9.47 Å². The van der Waals surface area contributed by atoms with Gasteiger partial charge in [-0.2, -0.15) is 0 Å². The zero-order valence-corrected chi connectivity index (χ0v) is 17.5. The van der Waals surface area contributed by atoms with Gasteiger partial charge in [-0.1, -0.05) is 36.4 Å². The second-order valence-electron chi connectivity index (χ2n) is 7.99. The van der Waals surface area contributed by atoms with Gasteiger partial charge in [0.1, 0.15) is 11.8 Å². The molecule has 0 aliphatic carbocycles. The van der Waals surface area contributed by atoms with Crippen molar-refractivity contribution < 1.29 is 19.1 Å². The number of amides is 2. The van der Waals surface area contributed by atoms with Crippen LogP contribution in [0, 0.1) is 6.92 Å². The van der Waals surface area contributed by atoms with Gasteiger partial charge >= 0.3 is 0 Å². The molecule has 6 heteroatoms. The summed E-state index contributed by atoms with van der Waals surface area (Å²) in [5.41, 5.74) is 2.18. The van der Waals surface area contributed by atoms with Gasteiger partial charge in [0, 0.05) is 19.8 Å². The minimum Gasteiger partial charge on any atom is -0.495 e. The first-order valence-corrected chi connectivity index (χ1v) is 10.5. The van der Waals surface area contributed by atoms with Gasteiger partial charge in [-0.25, -0.2) is 0 Å². The minimum absolute atomic E-state index is 0.0830. The standard InChI is InChI=1S/C24H28N2O4/c1-17-7-3-4-8-18(17)24(12-15-30-16-13-24)23(28)25-19-11-14-26(22(19)27)20-9-5-6-10-21(20)29-2/h3-10,19H,11-16H2,1-2H3,(H,25,28). The number of carbonyl (C=O) groups is 2. The Morgan fingerprint density at radius 3 is 2.57 bits per heavy atom. The predicted octanol–water partition coefficient (Wildman–Crippen LogP) is 2.97. The fourth-order valence-corrected chi connectivity index (χ4v) is 4.65. The zero-order chi connectivity index (χ0) is 21.1. The van der Waals surface area contributed by atoms with Crippen molar-refractivity contribution in [2.45, 2.75) is 37.6 Å². The topological polar surface area (TPSA) is 67.9 Å². The molecule has 0 aromatic heterocycles. The molecule has 2 fully saturated rings. The monoisotopic (exact) mass is 408 g/mol. The van der Waals surface area contributed by atoms with E-state index in [1.807, 2.05) is 55.5 Å². The van der Waals surface area contributed by atoms with Crippen LogP contribution in [-0.2, 0) is 19.7 Å². The predicted molar refractivity (Wildman–Crippen MR) is 115 cm³/mol. The van der Waals surface area contributed by atoms with E-state index in [0.717, 1.165) is 16.8 Å². The third-order valence-electron chi connectivity index (χ3n) is 6.33. The first-order chi connectivity index (χ1) is 14.6. The van der Waals surface area contributed by atoms with Crippen molar-refractivity contribution in [3.05, 3.63) is 59.7 Å². The van der Waals surface area contributed by atoms with E-state index in [-0.39, 0.29) is 11.8 Å². The number of para-hydroxylation sites is 2. The molecule has 4 rings (SSSR count). The van der Waals surface area contributed by atoms with Crippen molar-refractivity contribution in [1.29, 1.82) is 0 Å². The van der Waals surface area contributed by atoms with E-state index in [1.165, 1.54) is 0 Å². The normalized spacial score (nSPS) is 20.8. The number of ether oxygens (including phenoxy) is 2. The molecular weight excluding hydrogens is 380 g/mol. The third kappa shape index (κ3) is 3.56. The van der Waals surface area contributed by atoms with Crippen molar-refractivity contribution >= 4 is 17.5 Å². The number of hydrogen-bond donors (Lipinski definition) is 1. The molecule has 2 aromatic carbocycles. The lowest BCUT2D eigenvalue weighted by atomic mass is 9.71. The second kappa shape index (κ2) is 8.48. The second-order valence-corrected chi connectivity index (χ2v) is 7.99. The summed E-state index contributed by atoms with van der Waals surface area (Å²) in [4.78, 5) is 28.4. The fraction of sp³-hybridized carbons (Fsp3) is 0.417. The summed E-state index contributed by atoms with van der Waals surface area (Å²) < 4.78 is 11.0. The Morgan fingerprint density at radius 2 is 1.83 bits per heavy atom. The Labute approximate surface area is 177 Å². The van der Waals surface area contributed by atoms with Crippen LogP contribution in [0.25, 0.3) is 0 Å².